The van der Waals surface area contributed by atoms with Crippen molar-refractivity contribution in [1.82, 2.24) is 25.4 Å². The van der Waals surface area contributed by atoms with E-state index in [1.807, 2.05) is 18.5 Å². The number of carbonyl (C=O) groups is 1. The quantitative estimate of drug-likeness (QED) is 0.883. The summed E-state index contributed by atoms with van der Waals surface area (Å²) in [6.07, 6.45) is 3.58. The van der Waals surface area contributed by atoms with Crippen molar-refractivity contribution in [1.29, 1.82) is 0 Å². The molecule has 0 saturated heterocycles. The van der Waals surface area contributed by atoms with Crippen molar-refractivity contribution in [3.05, 3.63) is 34.0 Å². The lowest BCUT2D eigenvalue weighted by Crippen LogP contribution is -2.44. The largest absolute Gasteiger partial charge is 0.335 e. The Morgan fingerprint density at radius 1 is 1.57 bits per heavy atom. The zero-order valence-electron chi connectivity index (χ0n) is 13.6. The van der Waals surface area contributed by atoms with Crippen molar-refractivity contribution in [3.8, 4) is 0 Å². The molecule has 2 aromatic heterocycles. The van der Waals surface area contributed by atoms with Gasteiger partial charge < -0.3 is 10.6 Å². The summed E-state index contributed by atoms with van der Waals surface area (Å²) in [6, 6.07) is 2.01. The third-order valence-electron chi connectivity index (χ3n) is 4.04. The summed E-state index contributed by atoms with van der Waals surface area (Å²) >= 11 is 1.68. The Morgan fingerprint density at radius 3 is 3.17 bits per heavy atom. The molecule has 124 valence electrons. The van der Waals surface area contributed by atoms with Crippen molar-refractivity contribution in [3.63, 3.8) is 0 Å². The fourth-order valence-electron chi connectivity index (χ4n) is 2.92. The molecule has 7 heteroatoms. The van der Waals surface area contributed by atoms with Crippen LogP contribution in [0, 0.1) is 0 Å². The van der Waals surface area contributed by atoms with Crippen LogP contribution in [-0.4, -0.2) is 26.8 Å². The maximum absolute atomic E-state index is 12.3. The first kappa shape index (κ1) is 16.0. The Kier molecular flexibility index (Phi) is 4.95. The van der Waals surface area contributed by atoms with E-state index in [-0.39, 0.29) is 18.1 Å². The zero-order chi connectivity index (χ0) is 16.2. The van der Waals surface area contributed by atoms with Crippen LogP contribution in [0.1, 0.15) is 49.9 Å². The number of nitrogens with one attached hydrogen (secondary N) is 2. The minimum Gasteiger partial charge on any atom is -0.335 e. The van der Waals surface area contributed by atoms with Crippen molar-refractivity contribution in [2.24, 2.45) is 0 Å². The van der Waals surface area contributed by atoms with Crippen molar-refractivity contribution in [2.45, 2.75) is 58.2 Å². The fourth-order valence-corrected chi connectivity index (χ4v) is 3.60. The van der Waals surface area contributed by atoms with Gasteiger partial charge in [0, 0.05) is 19.0 Å². The van der Waals surface area contributed by atoms with Crippen LogP contribution in [0.5, 0.6) is 0 Å². The van der Waals surface area contributed by atoms with Gasteiger partial charge in [-0.2, -0.15) is 16.4 Å². The monoisotopic (exact) mass is 333 g/mol. The molecule has 0 spiro atoms. The Bertz CT molecular complexity index is 651. The second kappa shape index (κ2) is 7.12. The maximum atomic E-state index is 12.3. The summed E-state index contributed by atoms with van der Waals surface area (Å²) in [4.78, 5) is 16.8. The maximum Gasteiger partial charge on any atom is 0.315 e. The molecule has 23 heavy (non-hydrogen) atoms. The first-order valence-corrected chi connectivity index (χ1v) is 9.11. The highest BCUT2D eigenvalue weighted by Crippen LogP contribution is 2.23. The van der Waals surface area contributed by atoms with Gasteiger partial charge in [0.15, 0.2) is 5.82 Å². The van der Waals surface area contributed by atoms with Crippen LogP contribution in [0.15, 0.2) is 16.8 Å². The normalized spacial score (nSPS) is 18.3. The highest BCUT2D eigenvalue weighted by Gasteiger charge is 2.25. The van der Waals surface area contributed by atoms with E-state index in [9.17, 15) is 4.79 Å². The van der Waals surface area contributed by atoms with Gasteiger partial charge in [-0.15, -0.1) is 0 Å². The Hall–Kier alpha value is -1.89. The highest BCUT2D eigenvalue weighted by molar-refractivity contribution is 7.07. The number of aryl methyl sites for hydroxylation is 2. The van der Waals surface area contributed by atoms with E-state index >= 15 is 0 Å². The SMILES string of the molecule is CCc1nc2n(n1)CCC[C@@H]2NC(=O)N[C@H](C)Cc1ccsc1. The minimum atomic E-state index is -0.132. The predicted octanol–water partition coefficient (Wildman–Crippen LogP) is 2.67. The molecular weight excluding hydrogens is 310 g/mol. The molecule has 0 radical (unpaired) electrons. The second-order valence-corrected chi connectivity index (χ2v) is 6.79. The molecule has 2 aromatic rings. The number of rotatable bonds is 5. The third-order valence-corrected chi connectivity index (χ3v) is 4.77. The molecule has 2 N–H and O–H groups in total. The van der Waals surface area contributed by atoms with E-state index in [4.69, 9.17) is 0 Å². The minimum absolute atomic E-state index is 0.0510. The fraction of sp³-hybridized carbons (Fsp3) is 0.562. The molecule has 1 aliphatic rings. The van der Waals surface area contributed by atoms with Gasteiger partial charge in [-0.3, -0.25) is 0 Å². The zero-order valence-corrected chi connectivity index (χ0v) is 14.4. The average Bonchev–Trinajstić information content (AvgIpc) is 3.16. The first-order chi connectivity index (χ1) is 11.2. The van der Waals surface area contributed by atoms with E-state index in [2.05, 4.69) is 37.5 Å². The van der Waals surface area contributed by atoms with E-state index in [0.717, 1.165) is 43.9 Å². The van der Waals surface area contributed by atoms with Gasteiger partial charge in [-0.25, -0.2) is 14.5 Å². The van der Waals surface area contributed by atoms with Crippen LogP contribution in [0.25, 0.3) is 0 Å². The number of fused-ring (bicyclic) bond motifs is 1. The first-order valence-electron chi connectivity index (χ1n) is 8.17. The molecule has 3 heterocycles. The molecule has 2 amide bonds. The highest BCUT2D eigenvalue weighted by atomic mass is 32.1. The predicted molar refractivity (Wildman–Crippen MR) is 90.5 cm³/mol. The lowest BCUT2D eigenvalue weighted by Gasteiger charge is -2.24. The third kappa shape index (κ3) is 3.90. The standard InChI is InChI=1S/C16H23N5OS/c1-3-14-19-15-13(5-4-7-21(15)20-14)18-16(22)17-11(2)9-12-6-8-23-10-12/h6,8,10-11,13H,3-5,7,9H2,1-2H3,(H2,17,18,22)/t11-,13+/m1/s1. The van der Waals surface area contributed by atoms with Crippen LogP contribution < -0.4 is 10.6 Å². The summed E-state index contributed by atoms with van der Waals surface area (Å²) in [5.41, 5.74) is 1.26. The van der Waals surface area contributed by atoms with E-state index in [1.54, 1.807) is 11.3 Å². The summed E-state index contributed by atoms with van der Waals surface area (Å²) in [6.45, 7) is 4.95. The van der Waals surface area contributed by atoms with Gasteiger partial charge in [0.2, 0.25) is 0 Å². The molecule has 1 aliphatic heterocycles. The van der Waals surface area contributed by atoms with E-state index in [1.165, 1.54) is 5.56 Å². The average molecular weight is 333 g/mol. The summed E-state index contributed by atoms with van der Waals surface area (Å²) in [7, 11) is 0. The Labute approximate surface area is 140 Å². The molecule has 2 atom stereocenters. The van der Waals surface area contributed by atoms with Crippen LogP contribution in [-0.2, 0) is 19.4 Å². The number of carbonyl (C=O) groups excluding carboxylic acids is 1. The molecule has 3 rings (SSSR count). The summed E-state index contributed by atoms with van der Waals surface area (Å²) < 4.78 is 1.93. The van der Waals surface area contributed by atoms with Gasteiger partial charge in [0.05, 0.1) is 6.04 Å². The number of hydrogen-bond donors (Lipinski definition) is 2. The van der Waals surface area contributed by atoms with Crippen LogP contribution in [0.3, 0.4) is 0 Å². The van der Waals surface area contributed by atoms with Gasteiger partial charge in [-0.05, 0) is 48.6 Å². The molecule has 0 aliphatic carbocycles. The van der Waals surface area contributed by atoms with Crippen LogP contribution in [0.4, 0.5) is 4.79 Å². The van der Waals surface area contributed by atoms with Gasteiger partial charge >= 0.3 is 6.03 Å². The number of amides is 2. The van der Waals surface area contributed by atoms with Crippen molar-refractivity contribution < 1.29 is 4.79 Å². The molecule has 6 nitrogen and oxygen atoms in total. The molecule has 0 bridgehead atoms. The summed E-state index contributed by atoms with van der Waals surface area (Å²) in [5, 5.41) is 14.7. The molecule has 0 saturated carbocycles. The lowest BCUT2D eigenvalue weighted by atomic mass is 10.1. The number of urea groups is 1. The van der Waals surface area contributed by atoms with Gasteiger partial charge in [0.1, 0.15) is 5.82 Å². The number of thiophene rings is 1. The smallest absolute Gasteiger partial charge is 0.315 e. The Balaban J connectivity index is 1.57. The molecule has 0 unspecified atom stereocenters. The topological polar surface area (TPSA) is 71.8 Å². The molecule has 0 aromatic carbocycles. The lowest BCUT2D eigenvalue weighted by molar-refractivity contribution is 0.229. The van der Waals surface area contributed by atoms with Crippen molar-refractivity contribution in [2.75, 3.05) is 0 Å². The molecule has 0 fully saturated rings. The van der Waals surface area contributed by atoms with Crippen molar-refractivity contribution >= 4 is 17.4 Å². The van der Waals surface area contributed by atoms with Gasteiger partial charge in [-0.1, -0.05) is 6.92 Å². The van der Waals surface area contributed by atoms with E-state index in [0.29, 0.717) is 0 Å². The van der Waals surface area contributed by atoms with Crippen LogP contribution in [0.2, 0.25) is 0 Å². The summed E-state index contributed by atoms with van der Waals surface area (Å²) in [5.74, 6) is 1.73. The number of aromatic nitrogens is 3. The Morgan fingerprint density at radius 2 is 2.43 bits per heavy atom. The number of nitrogens with zero attached hydrogens (tertiary/aromatic N) is 3. The second-order valence-electron chi connectivity index (χ2n) is 6.01. The molecular formula is C16H23N5OS. The van der Waals surface area contributed by atoms with Gasteiger partial charge in [0.25, 0.3) is 0 Å². The van der Waals surface area contributed by atoms with Crippen LogP contribution >= 0.6 is 11.3 Å². The van der Waals surface area contributed by atoms with E-state index < -0.39 is 0 Å². The number of hydrogen-bond acceptors (Lipinski definition) is 4.